The van der Waals surface area contributed by atoms with Crippen molar-refractivity contribution in [2.45, 2.75) is 20.3 Å². The summed E-state index contributed by atoms with van der Waals surface area (Å²) in [6.45, 7) is 4.60. The molecule has 14 heavy (non-hydrogen) atoms. The van der Waals surface area contributed by atoms with Crippen molar-refractivity contribution in [2.24, 2.45) is 5.73 Å². The van der Waals surface area contributed by atoms with Crippen molar-refractivity contribution in [3.63, 3.8) is 0 Å². The summed E-state index contributed by atoms with van der Waals surface area (Å²) in [6, 6.07) is 3.96. The summed E-state index contributed by atoms with van der Waals surface area (Å²) < 4.78 is 0. The number of benzene rings is 1. The Bertz CT molecular complexity index is 385. The maximum Gasteiger partial charge on any atom is 0.0438 e. The molecule has 1 nitrogen and oxygen atoms in total. The first kappa shape index (κ1) is 11.1. The number of hydrogen-bond acceptors (Lipinski definition) is 1. The van der Waals surface area contributed by atoms with Gasteiger partial charge in [0.25, 0.3) is 0 Å². The van der Waals surface area contributed by atoms with Gasteiger partial charge in [-0.15, -0.1) is 0 Å². The highest BCUT2D eigenvalue weighted by Crippen LogP contribution is 2.19. The zero-order valence-electron chi connectivity index (χ0n) is 8.52. The topological polar surface area (TPSA) is 26.0 Å². The molecule has 0 aliphatic heterocycles. The molecule has 0 aliphatic carbocycles. The van der Waals surface area contributed by atoms with Gasteiger partial charge in [0.15, 0.2) is 0 Å². The van der Waals surface area contributed by atoms with E-state index in [0.717, 1.165) is 28.1 Å². The van der Waals surface area contributed by atoms with Crippen LogP contribution in [0.4, 0.5) is 0 Å². The summed E-state index contributed by atoms with van der Waals surface area (Å²) in [5.41, 5.74) is 8.58. The lowest BCUT2D eigenvalue weighted by Gasteiger charge is -2.02. The predicted octanol–water partition coefficient (Wildman–Crippen LogP) is 2.66. The van der Waals surface area contributed by atoms with Crippen molar-refractivity contribution < 1.29 is 0 Å². The van der Waals surface area contributed by atoms with E-state index in [-0.39, 0.29) is 0 Å². The molecule has 1 aromatic carbocycles. The van der Waals surface area contributed by atoms with Crippen molar-refractivity contribution in [1.82, 2.24) is 0 Å². The van der Waals surface area contributed by atoms with E-state index in [4.69, 9.17) is 17.3 Å². The molecule has 2 N–H and O–H groups in total. The summed E-state index contributed by atoms with van der Waals surface area (Å²) in [4.78, 5) is 0. The monoisotopic (exact) mass is 207 g/mol. The smallest absolute Gasteiger partial charge is 0.0438 e. The first-order chi connectivity index (χ1) is 6.65. The van der Waals surface area contributed by atoms with Gasteiger partial charge in [0, 0.05) is 23.6 Å². The van der Waals surface area contributed by atoms with E-state index in [1.165, 1.54) is 0 Å². The van der Waals surface area contributed by atoms with Crippen LogP contribution < -0.4 is 5.73 Å². The molecule has 1 rings (SSSR count). The van der Waals surface area contributed by atoms with Gasteiger partial charge >= 0.3 is 0 Å². The van der Waals surface area contributed by atoms with E-state index < -0.39 is 0 Å². The van der Waals surface area contributed by atoms with Crippen LogP contribution in [0, 0.1) is 25.7 Å². The summed E-state index contributed by atoms with van der Waals surface area (Å²) in [6.07, 6.45) is 0.737. The van der Waals surface area contributed by atoms with E-state index in [1.807, 2.05) is 26.0 Å². The Morgan fingerprint density at radius 1 is 1.29 bits per heavy atom. The molecule has 0 fully saturated rings. The molecule has 0 spiro atoms. The van der Waals surface area contributed by atoms with Gasteiger partial charge in [-0.3, -0.25) is 0 Å². The number of rotatable bonds is 1. The van der Waals surface area contributed by atoms with Crippen molar-refractivity contribution >= 4 is 11.6 Å². The second-order valence-corrected chi connectivity index (χ2v) is 3.66. The van der Waals surface area contributed by atoms with E-state index in [9.17, 15) is 0 Å². The van der Waals surface area contributed by atoms with Crippen LogP contribution in [0.1, 0.15) is 23.1 Å². The molecule has 0 aromatic heterocycles. The van der Waals surface area contributed by atoms with Crippen LogP contribution in [0.25, 0.3) is 0 Å². The molecule has 0 saturated heterocycles. The van der Waals surface area contributed by atoms with Gasteiger partial charge in [-0.05, 0) is 37.1 Å². The fraction of sp³-hybridized carbons (Fsp3) is 0.333. The largest absolute Gasteiger partial charge is 0.330 e. The quantitative estimate of drug-likeness (QED) is 0.704. The van der Waals surface area contributed by atoms with Gasteiger partial charge in [-0.1, -0.05) is 23.4 Å². The fourth-order valence-electron chi connectivity index (χ4n) is 1.15. The van der Waals surface area contributed by atoms with E-state index >= 15 is 0 Å². The second-order valence-electron chi connectivity index (χ2n) is 3.26. The zero-order chi connectivity index (χ0) is 10.6. The summed E-state index contributed by atoms with van der Waals surface area (Å²) >= 11 is 5.98. The van der Waals surface area contributed by atoms with Gasteiger partial charge in [-0.2, -0.15) is 0 Å². The van der Waals surface area contributed by atoms with E-state index in [1.54, 1.807) is 0 Å². The predicted molar refractivity (Wildman–Crippen MR) is 61.5 cm³/mol. The maximum absolute atomic E-state index is 5.98. The molecule has 1 aromatic rings. The number of nitrogens with two attached hydrogens (primary N) is 1. The molecule has 74 valence electrons. The van der Waals surface area contributed by atoms with Gasteiger partial charge < -0.3 is 5.73 Å². The lowest BCUT2D eigenvalue weighted by atomic mass is 10.1. The highest BCUT2D eigenvalue weighted by molar-refractivity contribution is 6.31. The SMILES string of the molecule is Cc1cc(C#CCCN)c(C)cc1Cl. The van der Waals surface area contributed by atoms with Crippen LogP contribution in [0.5, 0.6) is 0 Å². The van der Waals surface area contributed by atoms with Gasteiger partial charge in [-0.25, -0.2) is 0 Å². The molecule has 0 amide bonds. The number of hydrogen-bond donors (Lipinski definition) is 1. The summed E-state index contributed by atoms with van der Waals surface area (Å²) in [5.74, 6) is 6.11. The lowest BCUT2D eigenvalue weighted by Crippen LogP contribution is -1.95. The molecule has 0 saturated carbocycles. The highest BCUT2D eigenvalue weighted by Gasteiger charge is 1.99. The average Bonchev–Trinajstić information content (AvgIpc) is 2.14. The third-order valence-corrected chi connectivity index (χ3v) is 2.41. The molecule has 0 bridgehead atoms. The fourth-order valence-corrected chi connectivity index (χ4v) is 1.36. The number of aryl methyl sites for hydroxylation is 2. The first-order valence-electron chi connectivity index (χ1n) is 4.61. The summed E-state index contributed by atoms with van der Waals surface area (Å²) in [5, 5.41) is 0.798. The Labute approximate surface area is 90.3 Å². The van der Waals surface area contributed by atoms with Crippen LogP contribution in [0.15, 0.2) is 12.1 Å². The van der Waals surface area contributed by atoms with Gasteiger partial charge in [0.1, 0.15) is 0 Å². The normalized spacial score (nSPS) is 9.43. The van der Waals surface area contributed by atoms with Crippen molar-refractivity contribution in [2.75, 3.05) is 6.54 Å². The minimum Gasteiger partial charge on any atom is -0.330 e. The minimum absolute atomic E-state index is 0.610. The van der Waals surface area contributed by atoms with Crippen molar-refractivity contribution in [1.29, 1.82) is 0 Å². The molecule has 2 heteroatoms. The molecule has 0 radical (unpaired) electrons. The molecular formula is C12H14ClN. The molecule has 0 atom stereocenters. The number of halogens is 1. The molecular weight excluding hydrogens is 194 g/mol. The van der Waals surface area contributed by atoms with Crippen LogP contribution in [0.2, 0.25) is 5.02 Å². The highest BCUT2D eigenvalue weighted by atomic mass is 35.5. The average molecular weight is 208 g/mol. The zero-order valence-corrected chi connectivity index (χ0v) is 9.28. The van der Waals surface area contributed by atoms with Crippen LogP contribution in [0.3, 0.4) is 0 Å². The second kappa shape index (κ2) is 5.05. The molecule has 0 aliphatic rings. The van der Waals surface area contributed by atoms with Gasteiger partial charge in [0.05, 0.1) is 0 Å². The first-order valence-corrected chi connectivity index (χ1v) is 4.98. The molecule has 0 heterocycles. The Hall–Kier alpha value is -0.970. The Kier molecular flexibility index (Phi) is 4.00. The van der Waals surface area contributed by atoms with E-state index in [2.05, 4.69) is 11.8 Å². The Morgan fingerprint density at radius 3 is 2.64 bits per heavy atom. The van der Waals surface area contributed by atoms with Crippen LogP contribution in [-0.4, -0.2) is 6.54 Å². The Morgan fingerprint density at radius 2 is 2.00 bits per heavy atom. The standard InChI is InChI=1S/C12H14ClN/c1-9-8-12(13)10(2)7-11(9)5-3-4-6-14/h7-8H,4,6,14H2,1-2H3. The third-order valence-electron chi connectivity index (χ3n) is 2.00. The van der Waals surface area contributed by atoms with Crippen LogP contribution >= 0.6 is 11.6 Å². The van der Waals surface area contributed by atoms with Crippen LogP contribution in [-0.2, 0) is 0 Å². The van der Waals surface area contributed by atoms with Gasteiger partial charge in [0.2, 0.25) is 0 Å². The van der Waals surface area contributed by atoms with E-state index in [0.29, 0.717) is 6.54 Å². The third kappa shape index (κ3) is 2.77. The summed E-state index contributed by atoms with van der Waals surface area (Å²) in [7, 11) is 0. The minimum atomic E-state index is 0.610. The Balaban J connectivity index is 3.00. The maximum atomic E-state index is 5.98. The lowest BCUT2D eigenvalue weighted by molar-refractivity contribution is 1.03. The molecule has 0 unspecified atom stereocenters. The van der Waals surface area contributed by atoms with Crippen molar-refractivity contribution in [3.8, 4) is 11.8 Å². The van der Waals surface area contributed by atoms with Crippen molar-refractivity contribution in [3.05, 3.63) is 33.8 Å².